The zero-order valence-corrected chi connectivity index (χ0v) is 4.99. The van der Waals surface area contributed by atoms with Gasteiger partial charge in [0.2, 0.25) is 0 Å². The average Bonchev–Trinajstić information content (AvgIpc) is 1.76. The van der Waals surface area contributed by atoms with Crippen LogP contribution in [0.5, 0.6) is 0 Å². The van der Waals surface area contributed by atoms with Gasteiger partial charge in [-0.25, -0.2) is 0 Å². The molecule has 1 rings (SSSR count). The van der Waals surface area contributed by atoms with E-state index in [1.807, 2.05) is 0 Å². The Morgan fingerprint density at radius 2 is 2.40 bits per heavy atom. The standard InChI is InChI=1S/C3H5Si2/c1-2-5-3-4-1/h3H,1-2H2. The summed E-state index contributed by atoms with van der Waals surface area (Å²) in [7, 11) is 2.39. The Labute approximate surface area is 36.9 Å². The minimum atomic E-state index is 1.20. The van der Waals surface area contributed by atoms with E-state index in [0.717, 1.165) is 0 Å². The fourth-order valence-electron chi connectivity index (χ4n) is 0.361. The van der Waals surface area contributed by atoms with Gasteiger partial charge in [-0.15, -0.1) is 5.30 Å². The molecule has 1 aliphatic heterocycles. The number of hydrogen-bond donors (Lipinski definition) is 0. The van der Waals surface area contributed by atoms with Crippen LogP contribution in [0.4, 0.5) is 0 Å². The van der Waals surface area contributed by atoms with Crippen molar-refractivity contribution in [3.05, 3.63) is 0 Å². The maximum Gasteiger partial charge on any atom is 0.0641 e. The quantitative estimate of drug-likeness (QED) is 0.373. The van der Waals surface area contributed by atoms with Crippen molar-refractivity contribution in [1.82, 2.24) is 0 Å². The van der Waals surface area contributed by atoms with Gasteiger partial charge in [0.25, 0.3) is 0 Å². The molecule has 3 radical (unpaired) electrons. The van der Waals surface area contributed by atoms with Crippen LogP contribution < -0.4 is 0 Å². The Kier molecular flexibility index (Phi) is 1.17. The Balaban J connectivity index is 2.32. The predicted molar refractivity (Wildman–Crippen MR) is 27.2 cm³/mol. The second-order valence-electron chi connectivity index (χ2n) is 1.05. The molecule has 0 nitrogen and oxygen atoms in total. The summed E-state index contributed by atoms with van der Waals surface area (Å²) in [6, 6.07) is 2.97. The molecule has 0 aromatic heterocycles. The van der Waals surface area contributed by atoms with E-state index in [2.05, 4.69) is 5.30 Å². The highest BCUT2D eigenvalue weighted by atomic mass is 28.2. The molecule has 0 amide bonds. The molecule has 0 aromatic rings. The van der Waals surface area contributed by atoms with Gasteiger partial charge in [0.15, 0.2) is 0 Å². The maximum absolute atomic E-state index is 2.42. The minimum absolute atomic E-state index is 1.20. The van der Waals surface area contributed by atoms with E-state index >= 15 is 0 Å². The third kappa shape index (κ3) is 0.812. The summed E-state index contributed by atoms with van der Waals surface area (Å²) >= 11 is 0. The van der Waals surface area contributed by atoms with Crippen molar-refractivity contribution >= 4 is 23.9 Å². The maximum atomic E-state index is 2.42. The van der Waals surface area contributed by atoms with Crippen molar-refractivity contribution < 1.29 is 0 Å². The lowest BCUT2D eigenvalue weighted by Gasteiger charge is -1.67. The fourth-order valence-corrected chi connectivity index (χ4v) is 3.25. The third-order valence-corrected chi connectivity index (χ3v) is 3.83. The molecule has 25 valence electrons. The first kappa shape index (κ1) is 3.49. The number of hydrogen-bond acceptors (Lipinski definition) is 0. The molecule has 0 unspecified atom stereocenters. The van der Waals surface area contributed by atoms with Gasteiger partial charge in [0, 0.05) is 9.13 Å². The second kappa shape index (κ2) is 1.67. The minimum Gasteiger partial charge on any atom is -0.117 e. The molecular weight excluding hydrogens is 92.2 g/mol. The first-order chi connectivity index (χ1) is 2.50. The van der Waals surface area contributed by atoms with Crippen LogP contribution in [-0.4, -0.2) is 23.9 Å². The van der Waals surface area contributed by atoms with Crippen LogP contribution in [0.3, 0.4) is 0 Å². The topological polar surface area (TPSA) is 0 Å². The van der Waals surface area contributed by atoms with E-state index in [4.69, 9.17) is 0 Å². The highest BCUT2D eigenvalue weighted by Crippen LogP contribution is 1.86. The van der Waals surface area contributed by atoms with Crippen LogP contribution in [0, 0.1) is 0 Å². The van der Waals surface area contributed by atoms with Crippen LogP contribution in [0.25, 0.3) is 0 Å². The van der Waals surface area contributed by atoms with Gasteiger partial charge in [-0.2, -0.15) is 0 Å². The van der Waals surface area contributed by atoms with Crippen molar-refractivity contribution in [1.29, 1.82) is 0 Å². The van der Waals surface area contributed by atoms with E-state index in [9.17, 15) is 0 Å². The first-order valence-electron chi connectivity index (χ1n) is 1.78. The molecular formula is C3H5Si2. The Morgan fingerprint density at radius 1 is 1.40 bits per heavy atom. The predicted octanol–water partition coefficient (Wildman–Crippen LogP) is 0.00470. The van der Waals surface area contributed by atoms with Crippen LogP contribution in [0.1, 0.15) is 0 Å². The van der Waals surface area contributed by atoms with Crippen molar-refractivity contribution in [3.8, 4) is 0 Å². The van der Waals surface area contributed by atoms with Crippen LogP contribution in [0.15, 0.2) is 0 Å². The van der Waals surface area contributed by atoms with E-state index in [1.54, 1.807) is 0 Å². The van der Waals surface area contributed by atoms with Crippen molar-refractivity contribution in [2.75, 3.05) is 0 Å². The zero-order chi connectivity index (χ0) is 3.54. The van der Waals surface area contributed by atoms with Gasteiger partial charge in [-0.05, 0) is 6.04 Å². The molecule has 1 heterocycles. The van der Waals surface area contributed by atoms with Gasteiger partial charge in [0.1, 0.15) is 0 Å². The van der Waals surface area contributed by atoms with Crippen molar-refractivity contribution in [3.63, 3.8) is 0 Å². The van der Waals surface area contributed by atoms with Crippen LogP contribution >= 0.6 is 0 Å². The van der Waals surface area contributed by atoms with Gasteiger partial charge in [-0.1, -0.05) is 6.04 Å². The van der Waals surface area contributed by atoms with E-state index in [1.165, 1.54) is 30.7 Å². The first-order valence-corrected chi connectivity index (χ1v) is 4.35. The summed E-state index contributed by atoms with van der Waals surface area (Å²) in [5.41, 5.74) is 0. The summed E-state index contributed by atoms with van der Waals surface area (Å²) in [5, 5.41) is 2.42. The summed E-state index contributed by atoms with van der Waals surface area (Å²) in [6.45, 7) is 0. The molecule has 0 aromatic carbocycles. The second-order valence-corrected chi connectivity index (χ2v) is 4.02. The van der Waals surface area contributed by atoms with Gasteiger partial charge in [0.05, 0.1) is 9.52 Å². The molecule has 0 N–H and O–H groups in total. The molecule has 2 heteroatoms. The van der Waals surface area contributed by atoms with Gasteiger partial charge >= 0.3 is 0 Å². The largest absolute Gasteiger partial charge is 0.117 e. The van der Waals surface area contributed by atoms with E-state index in [-0.39, 0.29) is 0 Å². The monoisotopic (exact) mass is 97.0 g/mol. The Morgan fingerprint density at radius 3 is 2.60 bits per heavy atom. The fraction of sp³-hybridized carbons (Fsp3) is 0.667. The van der Waals surface area contributed by atoms with Crippen molar-refractivity contribution in [2.45, 2.75) is 12.1 Å². The lowest BCUT2D eigenvalue weighted by atomic mass is 11.0. The Hall–Kier alpha value is 0.304. The molecule has 0 spiro atoms. The molecule has 1 aliphatic rings. The molecule has 0 atom stereocenters. The van der Waals surface area contributed by atoms with E-state index in [0.29, 0.717) is 0 Å². The zero-order valence-electron chi connectivity index (χ0n) is 2.99. The normalized spacial score (nSPS) is 20.8. The highest BCUT2D eigenvalue weighted by Gasteiger charge is 1.87. The van der Waals surface area contributed by atoms with Crippen molar-refractivity contribution in [2.24, 2.45) is 0 Å². The summed E-state index contributed by atoms with van der Waals surface area (Å²) in [4.78, 5) is 0. The Bertz CT molecular complexity index is 42.9. The molecule has 5 heavy (non-hydrogen) atoms. The van der Waals surface area contributed by atoms with Gasteiger partial charge < -0.3 is 0 Å². The third-order valence-electron chi connectivity index (χ3n) is 0.618. The smallest absolute Gasteiger partial charge is 0.0641 e. The average molecular weight is 97.2 g/mol. The molecule has 0 saturated carbocycles. The van der Waals surface area contributed by atoms with Crippen LogP contribution in [-0.2, 0) is 0 Å². The lowest BCUT2D eigenvalue weighted by Crippen LogP contribution is -1.77. The number of rotatable bonds is 0. The van der Waals surface area contributed by atoms with Crippen LogP contribution in [0.2, 0.25) is 12.1 Å². The van der Waals surface area contributed by atoms with Gasteiger partial charge in [-0.3, -0.25) is 0 Å². The molecule has 0 bridgehead atoms. The highest BCUT2D eigenvalue weighted by molar-refractivity contribution is 6.87. The van der Waals surface area contributed by atoms with E-state index < -0.39 is 0 Å². The molecule has 0 aliphatic carbocycles. The summed E-state index contributed by atoms with van der Waals surface area (Å²) in [5.74, 6) is 0. The molecule has 0 saturated heterocycles. The SMILES string of the molecule is C1=[Si]CC[Si]1. The summed E-state index contributed by atoms with van der Waals surface area (Å²) in [6.07, 6.45) is 0. The summed E-state index contributed by atoms with van der Waals surface area (Å²) < 4.78 is 0. The molecule has 0 fully saturated rings. The lowest BCUT2D eigenvalue weighted by molar-refractivity contribution is 1.46.